The highest BCUT2D eigenvalue weighted by Crippen LogP contribution is 2.23. The summed E-state index contributed by atoms with van der Waals surface area (Å²) in [5.41, 5.74) is 0.597. The Hall–Kier alpha value is -2.60. The zero-order valence-electron chi connectivity index (χ0n) is 15.2. The van der Waals surface area contributed by atoms with E-state index in [1.165, 1.54) is 24.3 Å². The molecule has 5 nitrogen and oxygen atoms in total. The lowest BCUT2D eigenvalue weighted by Gasteiger charge is -2.19. The molecule has 0 aliphatic heterocycles. The molecular weight excluding hydrogens is 335 g/mol. The SMILES string of the molecule is CCN(CC)CCOc1ccccc1NC(=O)COc1ccc(F)cc1. The van der Waals surface area contributed by atoms with Gasteiger partial charge in [-0.05, 0) is 49.5 Å². The first-order chi connectivity index (χ1) is 12.6. The van der Waals surface area contributed by atoms with Crippen molar-refractivity contribution in [1.29, 1.82) is 0 Å². The first-order valence-electron chi connectivity index (χ1n) is 8.74. The number of nitrogens with one attached hydrogen (secondary N) is 1. The molecule has 0 aromatic heterocycles. The Morgan fingerprint density at radius 2 is 1.73 bits per heavy atom. The number of benzene rings is 2. The average Bonchev–Trinajstić information content (AvgIpc) is 2.66. The Labute approximate surface area is 153 Å². The van der Waals surface area contributed by atoms with Crippen molar-refractivity contribution in [2.45, 2.75) is 13.8 Å². The molecule has 2 rings (SSSR count). The van der Waals surface area contributed by atoms with Gasteiger partial charge in [0.2, 0.25) is 0 Å². The highest BCUT2D eigenvalue weighted by atomic mass is 19.1. The standard InChI is InChI=1S/C20H25FN2O3/c1-3-23(4-2)13-14-25-19-8-6-5-7-18(19)22-20(24)15-26-17-11-9-16(21)10-12-17/h5-12H,3-4,13-15H2,1-2H3,(H,22,24). The molecule has 6 heteroatoms. The summed E-state index contributed by atoms with van der Waals surface area (Å²) >= 11 is 0. The molecule has 0 spiro atoms. The molecule has 0 bridgehead atoms. The molecule has 0 saturated carbocycles. The number of carbonyl (C=O) groups is 1. The Morgan fingerprint density at radius 3 is 2.42 bits per heavy atom. The van der Waals surface area contributed by atoms with E-state index in [9.17, 15) is 9.18 Å². The van der Waals surface area contributed by atoms with Crippen LogP contribution in [0.2, 0.25) is 0 Å². The molecule has 140 valence electrons. The summed E-state index contributed by atoms with van der Waals surface area (Å²) in [6, 6.07) is 12.8. The third-order valence-corrected chi connectivity index (χ3v) is 3.90. The third kappa shape index (κ3) is 6.37. The number of nitrogens with zero attached hydrogens (tertiary/aromatic N) is 1. The molecule has 0 unspecified atom stereocenters. The lowest BCUT2D eigenvalue weighted by atomic mass is 10.3. The number of carbonyl (C=O) groups excluding carboxylic acids is 1. The second-order valence-corrected chi connectivity index (χ2v) is 5.66. The zero-order valence-corrected chi connectivity index (χ0v) is 15.2. The molecule has 0 atom stereocenters. The summed E-state index contributed by atoms with van der Waals surface area (Å²) < 4.78 is 24.0. The minimum atomic E-state index is -0.349. The van der Waals surface area contributed by atoms with E-state index in [1.807, 2.05) is 18.2 Å². The number of ether oxygens (including phenoxy) is 2. The van der Waals surface area contributed by atoms with Crippen molar-refractivity contribution >= 4 is 11.6 Å². The maximum absolute atomic E-state index is 12.9. The molecule has 0 aliphatic rings. The Morgan fingerprint density at radius 1 is 1.04 bits per heavy atom. The summed E-state index contributed by atoms with van der Waals surface area (Å²) in [7, 11) is 0. The van der Waals surface area contributed by atoms with E-state index in [4.69, 9.17) is 9.47 Å². The van der Waals surface area contributed by atoms with Gasteiger partial charge >= 0.3 is 0 Å². The highest BCUT2D eigenvalue weighted by Gasteiger charge is 2.09. The van der Waals surface area contributed by atoms with E-state index in [0.717, 1.165) is 19.6 Å². The second-order valence-electron chi connectivity index (χ2n) is 5.66. The zero-order chi connectivity index (χ0) is 18.8. The first kappa shape index (κ1) is 19.7. The normalized spacial score (nSPS) is 10.6. The molecule has 0 radical (unpaired) electrons. The highest BCUT2D eigenvalue weighted by molar-refractivity contribution is 5.93. The number of hydrogen-bond donors (Lipinski definition) is 1. The van der Waals surface area contributed by atoms with Gasteiger partial charge < -0.3 is 19.7 Å². The van der Waals surface area contributed by atoms with E-state index in [0.29, 0.717) is 23.8 Å². The fraction of sp³-hybridized carbons (Fsp3) is 0.350. The van der Waals surface area contributed by atoms with E-state index >= 15 is 0 Å². The van der Waals surface area contributed by atoms with Gasteiger partial charge in [0.05, 0.1) is 5.69 Å². The van der Waals surface area contributed by atoms with Gasteiger partial charge in [-0.1, -0.05) is 26.0 Å². The van der Waals surface area contributed by atoms with Crippen molar-refractivity contribution in [2.75, 3.05) is 38.2 Å². The van der Waals surface area contributed by atoms with Gasteiger partial charge in [0.1, 0.15) is 23.9 Å². The maximum Gasteiger partial charge on any atom is 0.262 e. The minimum Gasteiger partial charge on any atom is -0.490 e. The van der Waals surface area contributed by atoms with E-state index < -0.39 is 0 Å². The van der Waals surface area contributed by atoms with Crippen LogP contribution in [0.3, 0.4) is 0 Å². The van der Waals surface area contributed by atoms with Crippen molar-refractivity contribution in [3.8, 4) is 11.5 Å². The molecule has 0 saturated heterocycles. The number of anilines is 1. The van der Waals surface area contributed by atoms with Gasteiger partial charge in [-0.3, -0.25) is 4.79 Å². The fourth-order valence-corrected chi connectivity index (χ4v) is 2.39. The lowest BCUT2D eigenvalue weighted by molar-refractivity contribution is -0.118. The minimum absolute atomic E-state index is 0.167. The number of rotatable bonds is 10. The summed E-state index contributed by atoms with van der Waals surface area (Å²) in [4.78, 5) is 14.4. The van der Waals surface area contributed by atoms with Crippen LogP contribution in [0.15, 0.2) is 48.5 Å². The van der Waals surface area contributed by atoms with Crippen molar-refractivity contribution in [3.05, 3.63) is 54.3 Å². The van der Waals surface area contributed by atoms with Crippen LogP contribution in [0.1, 0.15) is 13.8 Å². The predicted octanol–water partition coefficient (Wildman–Crippen LogP) is 3.56. The predicted molar refractivity (Wildman–Crippen MR) is 100 cm³/mol. The van der Waals surface area contributed by atoms with Gasteiger partial charge in [-0.25, -0.2) is 4.39 Å². The number of halogens is 1. The van der Waals surface area contributed by atoms with E-state index in [1.54, 1.807) is 6.07 Å². The average molecular weight is 360 g/mol. The van der Waals surface area contributed by atoms with E-state index in [-0.39, 0.29) is 18.3 Å². The van der Waals surface area contributed by atoms with Crippen molar-refractivity contribution in [1.82, 2.24) is 4.90 Å². The monoisotopic (exact) mass is 360 g/mol. The molecule has 1 N–H and O–H groups in total. The quantitative estimate of drug-likeness (QED) is 0.704. The van der Waals surface area contributed by atoms with Crippen LogP contribution < -0.4 is 14.8 Å². The molecule has 1 amide bonds. The molecule has 0 heterocycles. The maximum atomic E-state index is 12.9. The van der Waals surface area contributed by atoms with Crippen LogP contribution in [-0.2, 0) is 4.79 Å². The lowest BCUT2D eigenvalue weighted by Crippen LogP contribution is -2.28. The van der Waals surface area contributed by atoms with Crippen LogP contribution in [0.25, 0.3) is 0 Å². The molecule has 2 aromatic rings. The Balaban J connectivity index is 1.86. The molecular formula is C20H25FN2O3. The van der Waals surface area contributed by atoms with Gasteiger partial charge in [-0.2, -0.15) is 0 Å². The van der Waals surface area contributed by atoms with E-state index in [2.05, 4.69) is 24.1 Å². The van der Waals surface area contributed by atoms with Crippen LogP contribution in [-0.4, -0.2) is 43.7 Å². The van der Waals surface area contributed by atoms with Crippen LogP contribution in [0.5, 0.6) is 11.5 Å². The van der Waals surface area contributed by atoms with Gasteiger partial charge in [0, 0.05) is 6.54 Å². The molecule has 0 fully saturated rings. The largest absolute Gasteiger partial charge is 0.490 e. The molecule has 2 aromatic carbocycles. The fourth-order valence-electron chi connectivity index (χ4n) is 2.39. The van der Waals surface area contributed by atoms with Crippen molar-refractivity contribution < 1.29 is 18.7 Å². The number of amides is 1. The smallest absolute Gasteiger partial charge is 0.262 e. The number of likely N-dealkylation sites (N-methyl/N-ethyl adjacent to an activating group) is 1. The van der Waals surface area contributed by atoms with Crippen LogP contribution in [0, 0.1) is 5.82 Å². The van der Waals surface area contributed by atoms with Crippen molar-refractivity contribution in [2.24, 2.45) is 0 Å². The first-order valence-corrected chi connectivity index (χ1v) is 8.74. The van der Waals surface area contributed by atoms with Crippen molar-refractivity contribution in [3.63, 3.8) is 0 Å². The summed E-state index contributed by atoms with van der Waals surface area (Å²) in [5, 5.41) is 2.78. The molecule has 26 heavy (non-hydrogen) atoms. The Kier molecular flexibility index (Phi) is 7.89. The summed E-state index contributed by atoms with van der Waals surface area (Å²) in [6.07, 6.45) is 0. The van der Waals surface area contributed by atoms with Gasteiger partial charge in [0.25, 0.3) is 5.91 Å². The van der Waals surface area contributed by atoms with Gasteiger partial charge in [0.15, 0.2) is 6.61 Å². The number of para-hydroxylation sites is 2. The third-order valence-electron chi connectivity index (χ3n) is 3.90. The van der Waals surface area contributed by atoms with Gasteiger partial charge in [-0.15, -0.1) is 0 Å². The topological polar surface area (TPSA) is 50.8 Å². The number of hydrogen-bond acceptors (Lipinski definition) is 4. The van der Waals surface area contributed by atoms with Crippen LogP contribution >= 0.6 is 0 Å². The summed E-state index contributed by atoms with van der Waals surface area (Å²) in [6.45, 7) is 7.36. The summed E-state index contributed by atoms with van der Waals surface area (Å²) in [5.74, 6) is 0.395. The Bertz CT molecular complexity index is 688. The van der Waals surface area contributed by atoms with Crippen LogP contribution in [0.4, 0.5) is 10.1 Å². The second kappa shape index (κ2) is 10.4. The molecule has 0 aliphatic carbocycles.